The zero-order valence-corrected chi connectivity index (χ0v) is 18.3. The molecule has 1 atom stereocenters. The molecular weight excluding hydrogens is 420 g/mol. The molecule has 2 aromatic rings. The van der Waals surface area contributed by atoms with Gasteiger partial charge in [-0.1, -0.05) is 60.7 Å². The second-order valence-electron chi connectivity index (χ2n) is 6.27. The van der Waals surface area contributed by atoms with Crippen LogP contribution in [0, 0.1) is 0 Å². The van der Waals surface area contributed by atoms with Crippen LogP contribution in [-0.4, -0.2) is 44.0 Å². The van der Waals surface area contributed by atoms with Crippen LogP contribution in [0.25, 0.3) is 0 Å². The summed E-state index contributed by atoms with van der Waals surface area (Å²) in [6.45, 7) is 3.49. The van der Waals surface area contributed by atoms with Crippen molar-refractivity contribution in [2.45, 2.75) is 26.3 Å². The lowest BCUT2D eigenvalue weighted by molar-refractivity contribution is -0.137. The van der Waals surface area contributed by atoms with Crippen molar-refractivity contribution in [2.75, 3.05) is 6.54 Å². The third-order valence-corrected chi connectivity index (χ3v) is 5.47. The monoisotopic (exact) mass is 442 g/mol. The van der Waals surface area contributed by atoms with Crippen molar-refractivity contribution in [3.05, 3.63) is 71.8 Å². The van der Waals surface area contributed by atoms with Gasteiger partial charge in [0.2, 0.25) is 10.2 Å². The summed E-state index contributed by atoms with van der Waals surface area (Å²) in [5.41, 5.74) is 1.13. The quantitative estimate of drug-likeness (QED) is 0.488. The van der Waals surface area contributed by atoms with Gasteiger partial charge in [0.1, 0.15) is 0 Å². The average molecular weight is 443 g/mol. The van der Waals surface area contributed by atoms with Gasteiger partial charge in [-0.2, -0.15) is 0 Å². The summed E-state index contributed by atoms with van der Waals surface area (Å²) in [4.78, 5) is 44.4. The van der Waals surface area contributed by atoms with Gasteiger partial charge in [-0.05, 0) is 37.4 Å². The number of carboxylic acids is 1. The van der Waals surface area contributed by atoms with Gasteiger partial charge in [0.05, 0.1) is 29.1 Å². The van der Waals surface area contributed by atoms with Gasteiger partial charge in [0.15, 0.2) is 0 Å². The molecule has 0 aromatic heterocycles. The van der Waals surface area contributed by atoms with Crippen molar-refractivity contribution in [2.24, 2.45) is 9.98 Å². The first-order chi connectivity index (χ1) is 14.3. The van der Waals surface area contributed by atoms with E-state index in [1.54, 1.807) is 62.4 Å². The van der Waals surface area contributed by atoms with Crippen molar-refractivity contribution >= 4 is 49.8 Å². The summed E-state index contributed by atoms with van der Waals surface area (Å²) in [7, 11) is 0. The number of aliphatic imine (C=N–C) groups is 2. The van der Waals surface area contributed by atoms with Gasteiger partial charge in [0.25, 0.3) is 0 Å². The molecule has 0 spiro atoms. The van der Waals surface area contributed by atoms with Crippen LogP contribution < -0.4 is 0 Å². The summed E-state index contributed by atoms with van der Waals surface area (Å²) in [5.74, 6) is -1.00. The van der Waals surface area contributed by atoms with Crippen molar-refractivity contribution in [1.29, 1.82) is 0 Å². The fourth-order valence-electron chi connectivity index (χ4n) is 2.44. The number of hydrogen-bond donors (Lipinski definition) is 1. The van der Waals surface area contributed by atoms with Crippen molar-refractivity contribution < 1.29 is 19.5 Å². The van der Waals surface area contributed by atoms with Crippen LogP contribution in [0.1, 0.15) is 41.0 Å². The lowest BCUT2D eigenvalue weighted by Crippen LogP contribution is -2.17. The fraction of sp³-hybridized carbons (Fsp3) is 0.227. The minimum atomic E-state index is -1.00. The summed E-state index contributed by atoms with van der Waals surface area (Å²) in [6.07, 6.45) is -0.217. The first-order valence-electron chi connectivity index (χ1n) is 9.17. The third kappa shape index (κ3) is 8.34. The molecule has 2 aromatic carbocycles. The molecule has 0 radical (unpaired) electrons. The Morgan fingerprint density at radius 3 is 1.77 bits per heavy atom. The average Bonchev–Trinajstić information content (AvgIpc) is 2.72. The van der Waals surface area contributed by atoms with E-state index in [-0.39, 0.29) is 23.2 Å². The van der Waals surface area contributed by atoms with E-state index in [4.69, 9.17) is 5.11 Å². The first-order valence-corrected chi connectivity index (χ1v) is 10.8. The highest BCUT2D eigenvalue weighted by atomic mass is 32.2. The summed E-state index contributed by atoms with van der Waals surface area (Å²) >= 11 is 1.96. The topological polar surface area (TPSA) is 96.2 Å². The molecular formula is C22H22N2O4S2. The van der Waals surface area contributed by atoms with E-state index in [1.807, 2.05) is 12.1 Å². The SMILES string of the molecule is CC(=NCC(CC(=O)O)N=C(C)SC(=O)c1ccccc1)SC(=O)c1ccccc1. The lowest BCUT2D eigenvalue weighted by atomic mass is 10.2. The number of carbonyl (C=O) groups is 3. The first kappa shape index (κ1) is 23.6. The summed E-state index contributed by atoms with van der Waals surface area (Å²) < 4.78 is 0. The lowest BCUT2D eigenvalue weighted by Gasteiger charge is -2.10. The summed E-state index contributed by atoms with van der Waals surface area (Å²) in [5, 5.41) is 9.87. The molecule has 2 rings (SSSR count). The third-order valence-electron chi connectivity index (χ3n) is 3.80. The molecule has 0 bridgehead atoms. The fourth-order valence-corrected chi connectivity index (χ4v) is 3.82. The van der Waals surface area contributed by atoms with E-state index in [1.165, 1.54) is 0 Å². The van der Waals surface area contributed by atoms with Gasteiger partial charge in [-0.25, -0.2) is 0 Å². The van der Waals surface area contributed by atoms with E-state index in [0.29, 0.717) is 21.2 Å². The highest BCUT2D eigenvalue weighted by molar-refractivity contribution is 8.27. The second kappa shape index (κ2) is 12.1. The Labute approximate surface area is 183 Å². The number of hydrogen-bond acceptors (Lipinski definition) is 7. The molecule has 0 aliphatic heterocycles. The van der Waals surface area contributed by atoms with Crippen molar-refractivity contribution in [1.82, 2.24) is 0 Å². The molecule has 0 amide bonds. The molecule has 0 saturated carbocycles. The Balaban J connectivity index is 2.01. The number of rotatable bonds is 7. The zero-order valence-electron chi connectivity index (χ0n) is 16.6. The van der Waals surface area contributed by atoms with Crippen molar-refractivity contribution in [3.63, 3.8) is 0 Å². The van der Waals surface area contributed by atoms with Crippen LogP contribution >= 0.6 is 23.5 Å². The maximum absolute atomic E-state index is 12.3. The maximum Gasteiger partial charge on any atom is 0.305 e. The smallest absolute Gasteiger partial charge is 0.305 e. The van der Waals surface area contributed by atoms with Gasteiger partial charge >= 0.3 is 5.97 Å². The molecule has 1 unspecified atom stereocenters. The van der Waals surface area contributed by atoms with Crippen LogP contribution in [0.3, 0.4) is 0 Å². The molecule has 156 valence electrons. The number of aliphatic carboxylic acids is 1. The second-order valence-corrected chi connectivity index (χ2v) is 8.60. The van der Waals surface area contributed by atoms with Gasteiger partial charge < -0.3 is 5.11 Å². The minimum absolute atomic E-state index is 0.116. The Morgan fingerprint density at radius 2 is 1.30 bits per heavy atom. The molecule has 6 nitrogen and oxygen atoms in total. The maximum atomic E-state index is 12.3. The highest BCUT2D eigenvalue weighted by Crippen LogP contribution is 2.17. The molecule has 8 heteroatoms. The van der Waals surface area contributed by atoms with Gasteiger partial charge in [-0.3, -0.25) is 24.4 Å². The number of carbonyl (C=O) groups excluding carboxylic acids is 2. The van der Waals surface area contributed by atoms with Crippen molar-refractivity contribution in [3.8, 4) is 0 Å². The number of nitrogens with zero attached hydrogens (tertiary/aromatic N) is 2. The Kier molecular flexibility index (Phi) is 9.50. The molecule has 0 fully saturated rings. The van der Waals surface area contributed by atoms with E-state index >= 15 is 0 Å². The predicted molar refractivity (Wildman–Crippen MR) is 124 cm³/mol. The Bertz CT molecular complexity index is 944. The van der Waals surface area contributed by atoms with Gasteiger partial charge in [0, 0.05) is 11.1 Å². The molecule has 0 heterocycles. The van der Waals surface area contributed by atoms with Gasteiger partial charge in [-0.15, -0.1) is 0 Å². The van der Waals surface area contributed by atoms with E-state index in [9.17, 15) is 14.4 Å². The largest absolute Gasteiger partial charge is 0.481 e. The summed E-state index contributed by atoms with van der Waals surface area (Å²) in [6, 6.07) is 17.0. The van der Waals surface area contributed by atoms with Crippen LogP contribution in [-0.2, 0) is 4.79 Å². The van der Waals surface area contributed by atoms with Crippen LogP contribution in [0.2, 0.25) is 0 Å². The number of thioether (sulfide) groups is 2. The van der Waals surface area contributed by atoms with Crippen LogP contribution in [0.15, 0.2) is 70.6 Å². The number of benzene rings is 2. The van der Waals surface area contributed by atoms with Crippen LogP contribution in [0.5, 0.6) is 0 Å². The van der Waals surface area contributed by atoms with Crippen LogP contribution in [0.4, 0.5) is 0 Å². The van der Waals surface area contributed by atoms with E-state index in [0.717, 1.165) is 23.5 Å². The normalized spacial score (nSPS) is 13.0. The number of carboxylic acid groups (broad SMARTS) is 1. The Morgan fingerprint density at radius 1 is 0.833 bits per heavy atom. The standard InChI is InChI=1S/C22H22N2O4S2/c1-15(29-21(27)17-9-5-3-6-10-17)23-14-19(13-20(25)26)24-16(2)30-22(28)18-11-7-4-8-12-18/h3-12,19H,13-14H2,1-2H3,(H,25,26). The molecule has 0 saturated heterocycles. The predicted octanol–water partition coefficient (Wildman–Crippen LogP) is 4.81. The molecule has 0 aliphatic carbocycles. The molecule has 1 N–H and O–H groups in total. The molecule has 0 aliphatic rings. The minimum Gasteiger partial charge on any atom is -0.481 e. The van der Waals surface area contributed by atoms with E-state index < -0.39 is 12.0 Å². The highest BCUT2D eigenvalue weighted by Gasteiger charge is 2.15. The van der Waals surface area contributed by atoms with E-state index in [2.05, 4.69) is 9.98 Å². The molecule has 30 heavy (non-hydrogen) atoms. The Hall–Kier alpha value is -2.71. The zero-order chi connectivity index (χ0) is 21.9.